The van der Waals surface area contributed by atoms with E-state index in [0.717, 1.165) is 0 Å². The molecule has 0 atom stereocenters. The highest BCUT2D eigenvalue weighted by Crippen LogP contribution is 2.21. The van der Waals surface area contributed by atoms with Crippen LogP contribution in [-0.2, 0) is 4.79 Å². The molecule has 106 valence electrons. The fourth-order valence-corrected chi connectivity index (χ4v) is 1.54. The quantitative estimate of drug-likeness (QED) is 0.795. The molecule has 7 heteroatoms. The number of methoxy groups -OCH3 is 2. The van der Waals surface area contributed by atoms with E-state index < -0.39 is 5.97 Å². The molecule has 0 unspecified atom stereocenters. The summed E-state index contributed by atoms with van der Waals surface area (Å²) < 4.78 is 10.2. The second kappa shape index (κ2) is 6.77. The van der Waals surface area contributed by atoms with Crippen LogP contribution < -0.4 is 14.4 Å². The Labute approximate surface area is 112 Å². The third kappa shape index (κ3) is 4.27. The van der Waals surface area contributed by atoms with E-state index in [1.54, 1.807) is 11.0 Å². The van der Waals surface area contributed by atoms with Gasteiger partial charge in [0.05, 0.1) is 26.7 Å². The normalized spacial score (nSPS) is 10.4. The van der Waals surface area contributed by atoms with E-state index in [4.69, 9.17) is 14.6 Å². The van der Waals surface area contributed by atoms with Crippen LogP contribution in [0.5, 0.6) is 11.8 Å². The van der Waals surface area contributed by atoms with Gasteiger partial charge in [0, 0.05) is 12.6 Å². The molecule has 0 aliphatic heterocycles. The molecule has 0 bridgehead atoms. The van der Waals surface area contributed by atoms with Crippen LogP contribution in [0.2, 0.25) is 0 Å². The van der Waals surface area contributed by atoms with Gasteiger partial charge < -0.3 is 19.5 Å². The number of hydrogen-bond acceptors (Lipinski definition) is 6. The molecule has 0 aromatic carbocycles. The van der Waals surface area contributed by atoms with Crippen LogP contribution in [-0.4, -0.2) is 47.8 Å². The highest BCUT2D eigenvalue weighted by molar-refractivity contribution is 5.67. The average molecular weight is 269 g/mol. The predicted octanol–water partition coefficient (Wildman–Crippen LogP) is 1.18. The molecule has 19 heavy (non-hydrogen) atoms. The predicted molar refractivity (Wildman–Crippen MR) is 69.9 cm³/mol. The molecule has 0 spiro atoms. The van der Waals surface area contributed by atoms with Crippen molar-refractivity contribution >= 4 is 11.9 Å². The summed E-state index contributed by atoms with van der Waals surface area (Å²) in [6.07, 6.45) is 0.0149. The van der Waals surface area contributed by atoms with Gasteiger partial charge in [0.15, 0.2) is 0 Å². The van der Waals surface area contributed by atoms with Gasteiger partial charge in [-0.2, -0.15) is 9.97 Å². The van der Waals surface area contributed by atoms with Crippen LogP contribution in [0.25, 0.3) is 0 Å². The zero-order valence-corrected chi connectivity index (χ0v) is 11.6. The summed E-state index contributed by atoms with van der Waals surface area (Å²) in [7, 11) is 3.00. The first-order chi connectivity index (χ1) is 8.97. The van der Waals surface area contributed by atoms with Crippen LogP contribution in [0.3, 0.4) is 0 Å². The van der Waals surface area contributed by atoms with Crippen molar-refractivity contribution in [2.75, 3.05) is 25.7 Å². The third-order valence-electron chi connectivity index (χ3n) is 2.53. The highest BCUT2D eigenvalue weighted by atomic mass is 16.5. The van der Waals surface area contributed by atoms with Crippen molar-refractivity contribution in [3.8, 4) is 11.8 Å². The molecule has 1 aromatic rings. The lowest BCUT2D eigenvalue weighted by molar-refractivity contribution is -0.136. The Morgan fingerprint density at radius 1 is 1.32 bits per heavy atom. The maximum absolute atomic E-state index is 10.7. The van der Waals surface area contributed by atoms with Gasteiger partial charge in [0.1, 0.15) is 0 Å². The first-order valence-electron chi connectivity index (χ1n) is 5.93. The van der Waals surface area contributed by atoms with Crippen LogP contribution >= 0.6 is 0 Å². The minimum absolute atomic E-state index is 0.0149. The van der Waals surface area contributed by atoms with E-state index in [0.29, 0.717) is 24.3 Å². The van der Waals surface area contributed by atoms with Crippen molar-refractivity contribution < 1.29 is 19.4 Å². The average Bonchev–Trinajstić information content (AvgIpc) is 2.37. The number of carboxylic acids is 1. The molecule has 0 amide bonds. The van der Waals surface area contributed by atoms with E-state index >= 15 is 0 Å². The SMILES string of the molecule is COc1cc(OC)nc(N(CCC(=O)O)C(C)C)n1. The van der Waals surface area contributed by atoms with E-state index in [1.165, 1.54) is 14.2 Å². The maximum Gasteiger partial charge on any atom is 0.305 e. The number of hydrogen-bond donors (Lipinski definition) is 1. The molecule has 1 N–H and O–H groups in total. The monoisotopic (exact) mass is 269 g/mol. The van der Waals surface area contributed by atoms with Crippen LogP contribution in [0.1, 0.15) is 20.3 Å². The number of carboxylic acid groups (broad SMARTS) is 1. The van der Waals surface area contributed by atoms with Gasteiger partial charge in [-0.1, -0.05) is 0 Å². The molecular weight excluding hydrogens is 250 g/mol. The van der Waals surface area contributed by atoms with Crippen molar-refractivity contribution in [2.45, 2.75) is 26.3 Å². The van der Waals surface area contributed by atoms with E-state index in [2.05, 4.69) is 9.97 Å². The fraction of sp³-hybridized carbons (Fsp3) is 0.583. The van der Waals surface area contributed by atoms with Crippen LogP contribution in [0.4, 0.5) is 5.95 Å². The van der Waals surface area contributed by atoms with E-state index in [1.807, 2.05) is 13.8 Å². The molecule has 0 saturated carbocycles. The number of rotatable bonds is 7. The molecule has 0 aliphatic carbocycles. The Morgan fingerprint density at radius 3 is 2.21 bits per heavy atom. The summed E-state index contributed by atoms with van der Waals surface area (Å²) >= 11 is 0. The molecule has 0 aliphatic rings. The standard InChI is InChI=1S/C12H19N3O4/c1-8(2)15(6-5-11(16)17)12-13-9(18-3)7-10(14-12)19-4/h7-8H,5-6H2,1-4H3,(H,16,17). The van der Waals surface area contributed by atoms with Gasteiger partial charge in [0.25, 0.3) is 0 Å². The number of carbonyl (C=O) groups is 1. The molecule has 0 saturated heterocycles. The number of anilines is 1. The summed E-state index contributed by atoms with van der Waals surface area (Å²) in [5.74, 6) is 0.290. The van der Waals surface area contributed by atoms with Crippen LogP contribution in [0.15, 0.2) is 6.07 Å². The Kier molecular flexibility index (Phi) is 5.35. The number of aromatic nitrogens is 2. The number of aliphatic carboxylic acids is 1. The van der Waals surface area contributed by atoms with Gasteiger partial charge >= 0.3 is 5.97 Å². The van der Waals surface area contributed by atoms with Crippen molar-refractivity contribution in [1.82, 2.24) is 9.97 Å². The van der Waals surface area contributed by atoms with Crippen molar-refractivity contribution in [3.63, 3.8) is 0 Å². The van der Waals surface area contributed by atoms with E-state index in [-0.39, 0.29) is 12.5 Å². The highest BCUT2D eigenvalue weighted by Gasteiger charge is 2.17. The molecule has 7 nitrogen and oxygen atoms in total. The summed E-state index contributed by atoms with van der Waals surface area (Å²) in [6, 6.07) is 1.63. The number of nitrogens with zero attached hydrogens (tertiary/aromatic N) is 3. The smallest absolute Gasteiger partial charge is 0.305 e. The van der Waals surface area contributed by atoms with E-state index in [9.17, 15) is 4.79 Å². The Bertz CT molecular complexity index is 415. The summed E-state index contributed by atoms with van der Waals surface area (Å²) in [4.78, 5) is 20.9. The Morgan fingerprint density at radius 2 is 1.84 bits per heavy atom. The van der Waals surface area contributed by atoms with Crippen molar-refractivity contribution in [3.05, 3.63) is 6.07 Å². The number of ether oxygens (including phenoxy) is 2. The second-order valence-electron chi connectivity index (χ2n) is 4.18. The zero-order chi connectivity index (χ0) is 14.4. The Hall–Kier alpha value is -2.05. The minimum atomic E-state index is -0.861. The van der Waals surface area contributed by atoms with Crippen molar-refractivity contribution in [1.29, 1.82) is 0 Å². The van der Waals surface area contributed by atoms with Crippen molar-refractivity contribution in [2.24, 2.45) is 0 Å². The first kappa shape index (κ1) is 15.0. The van der Waals surface area contributed by atoms with Gasteiger partial charge in [-0.25, -0.2) is 0 Å². The maximum atomic E-state index is 10.7. The lowest BCUT2D eigenvalue weighted by Crippen LogP contribution is -2.34. The second-order valence-corrected chi connectivity index (χ2v) is 4.18. The molecule has 0 fully saturated rings. The van der Waals surface area contributed by atoms with Crippen LogP contribution in [0, 0.1) is 0 Å². The largest absolute Gasteiger partial charge is 0.481 e. The summed E-state index contributed by atoms with van der Waals surface area (Å²) in [6.45, 7) is 4.21. The summed E-state index contributed by atoms with van der Waals surface area (Å²) in [5, 5.41) is 8.78. The van der Waals surface area contributed by atoms with Gasteiger partial charge in [-0.3, -0.25) is 4.79 Å². The molecule has 0 radical (unpaired) electrons. The third-order valence-corrected chi connectivity index (χ3v) is 2.53. The lowest BCUT2D eigenvalue weighted by atomic mass is 10.3. The van der Waals surface area contributed by atoms with Gasteiger partial charge in [-0.05, 0) is 13.8 Å². The lowest BCUT2D eigenvalue weighted by Gasteiger charge is -2.26. The topological polar surface area (TPSA) is 84.8 Å². The summed E-state index contributed by atoms with van der Waals surface area (Å²) in [5.41, 5.74) is 0. The molecule has 1 aromatic heterocycles. The molecule has 1 heterocycles. The first-order valence-corrected chi connectivity index (χ1v) is 5.93. The minimum Gasteiger partial charge on any atom is -0.481 e. The Balaban J connectivity index is 3.03. The van der Waals surface area contributed by atoms with Gasteiger partial charge in [0.2, 0.25) is 17.7 Å². The van der Waals surface area contributed by atoms with Gasteiger partial charge in [-0.15, -0.1) is 0 Å². The molecule has 1 rings (SSSR count). The fourth-order valence-electron chi connectivity index (χ4n) is 1.54. The molecular formula is C12H19N3O4. The zero-order valence-electron chi connectivity index (χ0n) is 11.6.